The average molecular weight is 437 g/mol. The number of nitrogen functional groups attached to an aromatic ring is 1. The van der Waals surface area contributed by atoms with E-state index >= 15 is 0 Å². The number of nitrogens with zero attached hydrogens (tertiary/aromatic N) is 5. The second-order valence-corrected chi connectivity index (χ2v) is 7.59. The zero-order valence-corrected chi connectivity index (χ0v) is 16.5. The second kappa shape index (κ2) is 9.41. The van der Waals surface area contributed by atoms with E-state index in [4.69, 9.17) is 27.2 Å². The molecular weight excluding hydrogens is 413 g/mol. The molecule has 0 saturated carbocycles. The summed E-state index contributed by atoms with van der Waals surface area (Å²) in [6.45, 7) is 1.14. The van der Waals surface area contributed by atoms with Crippen LogP contribution in [-0.4, -0.2) is 74.7 Å². The number of fused-ring (bicyclic) bond motifs is 1. The molecule has 0 radical (unpaired) electrons. The number of aliphatic hydroxyl groups excluding tert-OH is 1. The van der Waals surface area contributed by atoms with Crippen LogP contribution in [-0.2, 0) is 4.74 Å². The SMILES string of the molecule is Nc1ncc2c(Cl)nc(C3CCCN(CC(F)(F)F)C3)n2n1.OC1CCCOC1. The number of hydrogen-bond donors (Lipinski definition) is 2. The molecule has 0 amide bonds. The fourth-order valence-electron chi connectivity index (χ4n) is 3.54. The summed E-state index contributed by atoms with van der Waals surface area (Å²) in [7, 11) is 0. The summed E-state index contributed by atoms with van der Waals surface area (Å²) in [5, 5.41) is 13.1. The molecule has 8 nitrogen and oxygen atoms in total. The van der Waals surface area contributed by atoms with Gasteiger partial charge in [0.25, 0.3) is 0 Å². The second-order valence-electron chi connectivity index (χ2n) is 7.23. The van der Waals surface area contributed by atoms with Gasteiger partial charge in [-0.3, -0.25) is 4.90 Å². The third-order valence-corrected chi connectivity index (χ3v) is 5.08. The lowest BCUT2D eigenvalue weighted by Gasteiger charge is -2.32. The number of ether oxygens (including phenoxy) is 1. The minimum absolute atomic E-state index is 0.0609. The van der Waals surface area contributed by atoms with Gasteiger partial charge in [-0.25, -0.2) is 14.5 Å². The van der Waals surface area contributed by atoms with Crippen molar-refractivity contribution in [2.24, 2.45) is 0 Å². The number of nitrogens with two attached hydrogens (primary N) is 1. The van der Waals surface area contributed by atoms with Crippen LogP contribution in [0.2, 0.25) is 5.15 Å². The maximum absolute atomic E-state index is 12.6. The number of halogens is 4. The zero-order chi connectivity index (χ0) is 21.0. The average Bonchev–Trinajstić information content (AvgIpc) is 2.98. The fraction of sp³-hybridized carbons (Fsp3) is 0.706. The quantitative estimate of drug-likeness (QED) is 0.744. The highest BCUT2D eigenvalue weighted by Gasteiger charge is 2.34. The Labute approximate surface area is 170 Å². The molecule has 162 valence electrons. The third kappa shape index (κ3) is 6.14. The summed E-state index contributed by atoms with van der Waals surface area (Å²) < 4.78 is 44.1. The fourth-order valence-corrected chi connectivity index (χ4v) is 3.75. The van der Waals surface area contributed by atoms with Crippen LogP contribution in [0.15, 0.2) is 6.20 Å². The van der Waals surface area contributed by atoms with Crippen molar-refractivity contribution in [3.63, 3.8) is 0 Å². The smallest absolute Gasteiger partial charge is 0.391 e. The van der Waals surface area contributed by atoms with Gasteiger partial charge in [-0.2, -0.15) is 13.2 Å². The standard InChI is InChI=1S/C12H14ClF3N6.C5H10O2/c13-9-8-4-18-11(17)20-22(8)10(19-9)7-2-1-3-21(5-7)6-12(14,15)16;6-5-2-1-3-7-4-5/h4,7H,1-3,5-6H2,(H2,17,20);5-6H,1-4H2. The predicted molar refractivity (Wildman–Crippen MR) is 101 cm³/mol. The van der Waals surface area contributed by atoms with Gasteiger partial charge in [0.2, 0.25) is 5.95 Å². The van der Waals surface area contributed by atoms with Crippen LogP contribution in [0.5, 0.6) is 0 Å². The first kappa shape index (κ1) is 22.0. The van der Waals surface area contributed by atoms with Crippen molar-refractivity contribution in [2.45, 2.75) is 43.9 Å². The van der Waals surface area contributed by atoms with Gasteiger partial charge in [-0.1, -0.05) is 11.6 Å². The molecule has 4 rings (SSSR count). The lowest BCUT2D eigenvalue weighted by molar-refractivity contribution is -0.148. The molecule has 2 aromatic rings. The maximum atomic E-state index is 12.6. The highest BCUT2D eigenvalue weighted by Crippen LogP contribution is 2.30. The summed E-state index contributed by atoms with van der Waals surface area (Å²) in [5.74, 6) is 0.414. The van der Waals surface area contributed by atoms with Crippen LogP contribution in [0.4, 0.5) is 19.1 Å². The highest BCUT2D eigenvalue weighted by atomic mass is 35.5. The number of aromatic nitrogens is 4. The molecule has 0 aromatic carbocycles. The van der Waals surface area contributed by atoms with Gasteiger partial charge in [0.1, 0.15) is 11.3 Å². The molecular formula is C17H24ClF3N6O2. The van der Waals surface area contributed by atoms with E-state index in [2.05, 4.69) is 15.1 Å². The molecule has 2 aliphatic heterocycles. The van der Waals surface area contributed by atoms with Gasteiger partial charge in [-0.15, -0.1) is 5.10 Å². The van der Waals surface area contributed by atoms with Crippen molar-refractivity contribution < 1.29 is 23.0 Å². The van der Waals surface area contributed by atoms with E-state index in [1.807, 2.05) is 0 Å². The van der Waals surface area contributed by atoms with Crippen LogP contribution in [0.3, 0.4) is 0 Å². The van der Waals surface area contributed by atoms with Crippen molar-refractivity contribution in [2.75, 3.05) is 38.6 Å². The van der Waals surface area contributed by atoms with Crippen molar-refractivity contribution in [1.82, 2.24) is 24.5 Å². The Bertz CT molecular complexity index is 812. The number of hydrogen-bond acceptors (Lipinski definition) is 7. The van der Waals surface area contributed by atoms with E-state index < -0.39 is 12.7 Å². The molecule has 4 heterocycles. The van der Waals surface area contributed by atoms with Crippen LogP contribution in [0, 0.1) is 0 Å². The van der Waals surface area contributed by atoms with Gasteiger partial charge in [0.05, 0.1) is 25.5 Å². The van der Waals surface area contributed by atoms with Crippen LogP contribution in [0.25, 0.3) is 5.52 Å². The van der Waals surface area contributed by atoms with Crippen LogP contribution < -0.4 is 5.73 Å². The number of imidazole rings is 1. The molecule has 0 aliphatic carbocycles. The van der Waals surface area contributed by atoms with Crippen molar-refractivity contribution in [3.05, 3.63) is 17.2 Å². The minimum Gasteiger partial charge on any atom is -0.391 e. The number of alkyl halides is 3. The largest absolute Gasteiger partial charge is 0.401 e. The minimum atomic E-state index is -4.21. The van der Waals surface area contributed by atoms with E-state index in [1.54, 1.807) is 0 Å². The molecule has 2 aliphatic rings. The molecule has 2 unspecified atom stereocenters. The Morgan fingerprint density at radius 1 is 1.31 bits per heavy atom. The summed E-state index contributed by atoms with van der Waals surface area (Å²) in [6.07, 6.45) is 0.384. The molecule has 2 atom stereocenters. The van der Waals surface area contributed by atoms with E-state index in [0.29, 0.717) is 30.9 Å². The van der Waals surface area contributed by atoms with Gasteiger partial charge in [-0.05, 0) is 32.2 Å². The summed E-state index contributed by atoms with van der Waals surface area (Å²) in [5.41, 5.74) is 6.07. The van der Waals surface area contributed by atoms with E-state index in [9.17, 15) is 13.2 Å². The highest BCUT2D eigenvalue weighted by molar-refractivity contribution is 6.32. The first-order valence-electron chi connectivity index (χ1n) is 9.44. The molecule has 2 aromatic heterocycles. The molecule has 12 heteroatoms. The Kier molecular flexibility index (Phi) is 7.14. The number of rotatable bonds is 2. The zero-order valence-electron chi connectivity index (χ0n) is 15.8. The number of anilines is 1. The third-order valence-electron chi connectivity index (χ3n) is 4.80. The molecule has 0 bridgehead atoms. The number of piperidine rings is 1. The van der Waals surface area contributed by atoms with E-state index in [-0.39, 0.29) is 29.7 Å². The van der Waals surface area contributed by atoms with Crippen LogP contribution >= 0.6 is 11.6 Å². The predicted octanol–water partition coefficient (Wildman–Crippen LogP) is 2.26. The summed E-state index contributed by atoms with van der Waals surface area (Å²) in [4.78, 5) is 9.48. The molecule has 2 saturated heterocycles. The topological polar surface area (TPSA) is 102 Å². The Morgan fingerprint density at radius 3 is 2.72 bits per heavy atom. The molecule has 0 spiro atoms. The molecule has 29 heavy (non-hydrogen) atoms. The van der Waals surface area contributed by atoms with Gasteiger partial charge >= 0.3 is 6.18 Å². The lowest BCUT2D eigenvalue weighted by atomic mass is 9.97. The number of aliphatic hydroxyl groups is 1. The van der Waals surface area contributed by atoms with E-state index in [1.165, 1.54) is 15.6 Å². The Hall–Kier alpha value is -1.69. The monoisotopic (exact) mass is 436 g/mol. The first-order valence-corrected chi connectivity index (χ1v) is 9.82. The van der Waals surface area contributed by atoms with Crippen molar-refractivity contribution in [3.8, 4) is 0 Å². The van der Waals surface area contributed by atoms with Crippen molar-refractivity contribution in [1.29, 1.82) is 0 Å². The normalized spacial score (nSPS) is 23.6. The first-order chi connectivity index (χ1) is 13.7. The van der Waals surface area contributed by atoms with Crippen molar-refractivity contribution >= 4 is 23.1 Å². The Balaban J connectivity index is 0.000000290. The van der Waals surface area contributed by atoms with Gasteiger partial charge in [0, 0.05) is 19.1 Å². The summed E-state index contributed by atoms with van der Waals surface area (Å²) >= 11 is 6.05. The van der Waals surface area contributed by atoms with E-state index in [0.717, 1.165) is 25.9 Å². The van der Waals surface area contributed by atoms with Gasteiger partial charge in [0.15, 0.2) is 5.15 Å². The van der Waals surface area contributed by atoms with Crippen LogP contribution in [0.1, 0.15) is 37.4 Å². The maximum Gasteiger partial charge on any atom is 0.401 e. The lowest BCUT2D eigenvalue weighted by Crippen LogP contribution is -2.41. The molecule has 3 N–H and O–H groups in total. The molecule has 2 fully saturated rings. The Morgan fingerprint density at radius 2 is 2.10 bits per heavy atom. The number of likely N-dealkylation sites (tertiary alicyclic amines) is 1. The summed E-state index contributed by atoms with van der Waals surface area (Å²) in [6, 6.07) is 0. The van der Waals surface area contributed by atoms with Gasteiger partial charge < -0.3 is 15.6 Å².